The lowest BCUT2D eigenvalue weighted by Crippen LogP contribution is -2.49. The van der Waals surface area contributed by atoms with E-state index in [1.807, 2.05) is 23.1 Å². The van der Waals surface area contributed by atoms with Crippen molar-refractivity contribution < 1.29 is 9.53 Å². The summed E-state index contributed by atoms with van der Waals surface area (Å²) >= 11 is 5.97. The zero-order valence-electron chi connectivity index (χ0n) is 26.1. The molecule has 0 spiro atoms. The number of fused-ring (bicyclic) bond motifs is 2. The molecule has 1 saturated heterocycles. The number of methoxy groups -OCH3 is 1. The van der Waals surface area contributed by atoms with E-state index in [9.17, 15) is 4.79 Å². The molecule has 5 aromatic rings. The Labute approximate surface area is 266 Å². The van der Waals surface area contributed by atoms with Gasteiger partial charge < -0.3 is 14.2 Å². The molecule has 0 atom stereocenters. The molecule has 228 valence electrons. The number of nitrogens with zero attached hydrogens (tertiary/aromatic N) is 3. The average Bonchev–Trinajstić information content (AvgIpc) is 3.30. The number of halogens is 1. The molecule has 2 heterocycles. The van der Waals surface area contributed by atoms with Gasteiger partial charge in [-0.2, -0.15) is 0 Å². The maximum absolute atomic E-state index is 13.3. The Balaban J connectivity index is 1.01. The number of hydrogen-bond acceptors (Lipinski definition) is 3. The second-order valence-corrected chi connectivity index (χ2v) is 12.4. The molecule has 0 radical (unpaired) electrons. The van der Waals surface area contributed by atoms with Crippen LogP contribution in [0, 0.1) is 13.8 Å². The first-order valence-electron chi connectivity index (χ1n) is 15.7. The highest BCUT2D eigenvalue weighted by molar-refractivity contribution is 6.17. The highest BCUT2D eigenvalue weighted by atomic mass is 35.5. The molecule has 0 unspecified atom stereocenters. The number of carbonyl (C=O) groups is 1. The molecule has 6 heteroatoms. The minimum absolute atomic E-state index is 0.131. The number of hydrogen-bond donors (Lipinski definition) is 0. The zero-order chi connectivity index (χ0) is 30.6. The first kappa shape index (κ1) is 30.2. The fourth-order valence-corrected chi connectivity index (χ4v) is 6.63. The fraction of sp³-hybridized carbons (Fsp3) is 0.342. The van der Waals surface area contributed by atoms with Gasteiger partial charge in [-0.15, -0.1) is 11.6 Å². The van der Waals surface area contributed by atoms with Crippen LogP contribution in [0.5, 0.6) is 5.75 Å². The van der Waals surface area contributed by atoms with Gasteiger partial charge in [0, 0.05) is 67.3 Å². The number of rotatable bonds is 10. The molecule has 0 saturated carbocycles. The normalized spacial score (nSPS) is 14.0. The molecule has 44 heavy (non-hydrogen) atoms. The van der Waals surface area contributed by atoms with Crippen LogP contribution in [0.25, 0.3) is 21.7 Å². The van der Waals surface area contributed by atoms with E-state index >= 15 is 0 Å². The van der Waals surface area contributed by atoms with Gasteiger partial charge in [-0.1, -0.05) is 42.5 Å². The van der Waals surface area contributed by atoms with Gasteiger partial charge in [-0.3, -0.25) is 9.69 Å². The minimum atomic E-state index is 0.131. The van der Waals surface area contributed by atoms with Gasteiger partial charge in [0.25, 0.3) is 5.91 Å². The van der Waals surface area contributed by atoms with E-state index in [2.05, 4.69) is 84.0 Å². The van der Waals surface area contributed by atoms with Crippen molar-refractivity contribution in [2.75, 3.05) is 45.7 Å². The van der Waals surface area contributed by atoms with Gasteiger partial charge >= 0.3 is 0 Å². The predicted molar refractivity (Wildman–Crippen MR) is 183 cm³/mol. The van der Waals surface area contributed by atoms with Crippen LogP contribution in [0.4, 0.5) is 0 Å². The highest BCUT2D eigenvalue weighted by Gasteiger charge is 2.22. The highest BCUT2D eigenvalue weighted by Crippen LogP contribution is 2.28. The van der Waals surface area contributed by atoms with Crippen molar-refractivity contribution in [3.05, 3.63) is 112 Å². The topological polar surface area (TPSA) is 37.7 Å². The maximum Gasteiger partial charge on any atom is 0.253 e. The predicted octanol–water partition coefficient (Wildman–Crippen LogP) is 7.64. The Morgan fingerprint density at radius 1 is 0.795 bits per heavy atom. The molecule has 1 amide bonds. The second-order valence-electron chi connectivity index (χ2n) is 12.1. The summed E-state index contributed by atoms with van der Waals surface area (Å²) in [5.74, 6) is 1.69. The number of aryl methyl sites for hydroxylation is 2. The number of benzene rings is 4. The summed E-state index contributed by atoms with van der Waals surface area (Å²) in [7, 11) is 1.70. The van der Waals surface area contributed by atoms with Crippen molar-refractivity contribution >= 4 is 39.2 Å². The summed E-state index contributed by atoms with van der Waals surface area (Å²) in [5, 5.41) is 3.76. The molecule has 0 bridgehead atoms. The molecule has 6 rings (SSSR count). The van der Waals surface area contributed by atoms with Crippen LogP contribution in [0.15, 0.2) is 78.9 Å². The van der Waals surface area contributed by atoms with Crippen LogP contribution in [0.3, 0.4) is 0 Å². The maximum atomic E-state index is 13.3. The number of amides is 1. The van der Waals surface area contributed by atoms with E-state index in [4.69, 9.17) is 16.3 Å². The van der Waals surface area contributed by atoms with Crippen molar-refractivity contribution in [3.8, 4) is 5.75 Å². The monoisotopic (exact) mass is 607 g/mol. The van der Waals surface area contributed by atoms with Gasteiger partial charge in [0.15, 0.2) is 0 Å². The fourth-order valence-electron chi connectivity index (χ4n) is 6.51. The third-order valence-corrected chi connectivity index (χ3v) is 9.58. The van der Waals surface area contributed by atoms with Crippen LogP contribution >= 0.6 is 11.6 Å². The molecule has 1 aliphatic rings. The van der Waals surface area contributed by atoms with E-state index in [1.165, 1.54) is 49.6 Å². The lowest BCUT2D eigenvalue weighted by molar-refractivity contribution is 0.0638. The Morgan fingerprint density at radius 3 is 2.25 bits per heavy atom. The third-order valence-electron chi connectivity index (χ3n) is 9.32. The number of aromatic nitrogens is 1. The molecule has 4 aromatic carbocycles. The quantitative estimate of drug-likeness (QED) is 0.153. The van der Waals surface area contributed by atoms with Gasteiger partial charge in [-0.25, -0.2) is 0 Å². The average molecular weight is 608 g/mol. The smallest absolute Gasteiger partial charge is 0.253 e. The standard InChI is InChI=1S/C38H42ClN3O2/c1-27-28(2)42(17-4-16-39)37-14-8-31(25-36(27)37)23-29-5-9-32(10-6-29)38(43)41-21-19-40(20-22-41)18-15-30-7-11-34-26-35(44-3)13-12-33(34)24-30/h5-14,24-26H,4,15-23H2,1-3H3. The Morgan fingerprint density at radius 2 is 1.50 bits per heavy atom. The largest absolute Gasteiger partial charge is 0.497 e. The van der Waals surface area contributed by atoms with Gasteiger partial charge in [0.05, 0.1) is 7.11 Å². The van der Waals surface area contributed by atoms with Crippen molar-refractivity contribution in [1.29, 1.82) is 0 Å². The number of piperazine rings is 1. The Bertz CT molecular complexity index is 1770. The molecule has 1 aliphatic heterocycles. The lowest BCUT2D eigenvalue weighted by Gasteiger charge is -2.34. The van der Waals surface area contributed by atoms with Crippen molar-refractivity contribution in [2.24, 2.45) is 0 Å². The van der Waals surface area contributed by atoms with Gasteiger partial charge in [0.1, 0.15) is 5.75 Å². The molecule has 1 aromatic heterocycles. The van der Waals surface area contributed by atoms with Gasteiger partial charge in [-0.05, 0) is 103 Å². The second kappa shape index (κ2) is 13.5. The zero-order valence-corrected chi connectivity index (χ0v) is 26.9. The van der Waals surface area contributed by atoms with Crippen molar-refractivity contribution in [2.45, 2.75) is 39.7 Å². The Hall–Kier alpha value is -3.80. The van der Waals surface area contributed by atoms with E-state index in [0.29, 0.717) is 5.88 Å². The summed E-state index contributed by atoms with van der Waals surface area (Å²) in [6.45, 7) is 9.70. The van der Waals surface area contributed by atoms with E-state index in [-0.39, 0.29) is 5.91 Å². The first-order valence-corrected chi connectivity index (χ1v) is 16.3. The van der Waals surface area contributed by atoms with Crippen LogP contribution in [0.1, 0.15) is 44.7 Å². The van der Waals surface area contributed by atoms with E-state index in [1.54, 1.807) is 7.11 Å². The van der Waals surface area contributed by atoms with Crippen molar-refractivity contribution in [1.82, 2.24) is 14.4 Å². The summed E-state index contributed by atoms with van der Waals surface area (Å²) in [6, 6.07) is 27.9. The molecular formula is C38H42ClN3O2. The third kappa shape index (κ3) is 6.50. The summed E-state index contributed by atoms with van der Waals surface area (Å²) in [5.41, 5.74) is 8.55. The van der Waals surface area contributed by atoms with Crippen LogP contribution < -0.4 is 4.74 Å². The Kier molecular flexibility index (Phi) is 9.25. The van der Waals surface area contributed by atoms with Gasteiger partial charge in [0.2, 0.25) is 0 Å². The first-order chi connectivity index (χ1) is 21.4. The van der Waals surface area contributed by atoms with Crippen LogP contribution in [-0.2, 0) is 19.4 Å². The van der Waals surface area contributed by atoms with Crippen molar-refractivity contribution in [3.63, 3.8) is 0 Å². The summed E-state index contributed by atoms with van der Waals surface area (Å²) in [6.07, 6.45) is 2.82. The number of ether oxygens (including phenoxy) is 1. The van der Waals surface area contributed by atoms with E-state index < -0.39 is 0 Å². The number of alkyl halides is 1. The number of carbonyl (C=O) groups excluding carboxylic acids is 1. The molecule has 1 fully saturated rings. The summed E-state index contributed by atoms with van der Waals surface area (Å²) in [4.78, 5) is 17.8. The van der Waals surface area contributed by atoms with Crippen LogP contribution in [-0.4, -0.2) is 66.0 Å². The minimum Gasteiger partial charge on any atom is -0.497 e. The van der Waals surface area contributed by atoms with Crippen LogP contribution in [0.2, 0.25) is 0 Å². The lowest BCUT2D eigenvalue weighted by atomic mass is 10.0. The SMILES string of the molecule is COc1ccc2cc(CCN3CCN(C(=O)c4ccc(Cc5ccc6c(c5)c(C)c(C)n6CCCCl)cc4)CC3)ccc2c1. The molecular weight excluding hydrogens is 566 g/mol. The summed E-state index contributed by atoms with van der Waals surface area (Å²) < 4.78 is 7.74. The molecule has 5 nitrogen and oxygen atoms in total. The molecule has 0 N–H and O–H groups in total. The molecule has 0 aliphatic carbocycles. The van der Waals surface area contributed by atoms with E-state index in [0.717, 1.165) is 69.8 Å².